The lowest BCUT2D eigenvalue weighted by atomic mass is 9.86. The van der Waals surface area contributed by atoms with Crippen LogP contribution in [0.15, 0.2) is 48.5 Å². The van der Waals surface area contributed by atoms with Crippen LogP contribution in [0.3, 0.4) is 0 Å². The molecule has 0 amide bonds. The van der Waals surface area contributed by atoms with Gasteiger partial charge in [0, 0.05) is 17.0 Å². The summed E-state index contributed by atoms with van der Waals surface area (Å²) in [5.41, 5.74) is 5.27. The van der Waals surface area contributed by atoms with Crippen molar-refractivity contribution in [3.63, 3.8) is 0 Å². The molecule has 0 spiro atoms. The Bertz CT molecular complexity index is 991. The molecule has 5 nitrogen and oxygen atoms in total. The lowest BCUT2D eigenvalue weighted by Crippen LogP contribution is -2.33. The third-order valence-corrected chi connectivity index (χ3v) is 6.83. The zero-order valence-electron chi connectivity index (χ0n) is 17.8. The zero-order valence-corrected chi connectivity index (χ0v) is 18.7. The molecule has 0 aliphatic rings. The molecule has 0 radical (unpaired) electrons. The minimum atomic E-state index is -1.41. The fourth-order valence-corrected chi connectivity index (χ4v) is 4.18. The number of rotatable bonds is 7. The van der Waals surface area contributed by atoms with Gasteiger partial charge in [0.05, 0.1) is 21.4 Å². The fraction of sp³-hybridized carbons (Fsp3) is 0.391. The molecule has 3 rings (SSSR count). The summed E-state index contributed by atoms with van der Waals surface area (Å²) in [5.74, 6) is 0.975. The van der Waals surface area contributed by atoms with Crippen molar-refractivity contribution in [2.75, 3.05) is 0 Å². The predicted molar refractivity (Wildman–Crippen MR) is 120 cm³/mol. The molecule has 6 heteroatoms. The molecule has 0 fully saturated rings. The monoisotopic (exact) mass is 410 g/mol. The maximum Gasteiger partial charge on any atom is 0.160 e. The Morgan fingerprint density at radius 3 is 2.24 bits per heavy atom. The van der Waals surface area contributed by atoms with Crippen LogP contribution >= 0.6 is 0 Å². The van der Waals surface area contributed by atoms with E-state index in [0.717, 1.165) is 40.4 Å². The summed E-state index contributed by atoms with van der Waals surface area (Å²) in [6.45, 7) is 10.2. The van der Waals surface area contributed by atoms with Gasteiger partial charge in [-0.25, -0.2) is 4.21 Å². The highest BCUT2D eigenvalue weighted by Crippen LogP contribution is 2.36. The number of nitrogens with zero attached hydrogens (tertiary/aromatic N) is 3. The SMILES string of the molecule is CC[C@H](CC(C)(C)S(N)=O)c1cc(-n2c(C)ccc2C)nnc1-c1ccccc1. The molecule has 0 saturated carbocycles. The molecule has 154 valence electrons. The molecule has 0 bridgehead atoms. The summed E-state index contributed by atoms with van der Waals surface area (Å²) in [6, 6.07) is 16.4. The molecule has 3 aromatic rings. The molecule has 2 atom stereocenters. The quantitative estimate of drug-likeness (QED) is 0.606. The Labute approximate surface area is 176 Å². The van der Waals surface area contributed by atoms with Gasteiger partial charge in [-0.05, 0) is 70.2 Å². The third kappa shape index (κ3) is 4.49. The number of hydrogen-bond acceptors (Lipinski definition) is 3. The van der Waals surface area contributed by atoms with E-state index in [2.05, 4.69) is 65.9 Å². The molecule has 1 aromatic carbocycles. The van der Waals surface area contributed by atoms with Crippen molar-refractivity contribution >= 4 is 11.0 Å². The first-order valence-corrected chi connectivity index (χ1v) is 11.2. The van der Waals surface area contributed by atoms with Crippen LogP contribution in [0.5, 0.6) is 0 Å². The second-order valence-electron chi connectivity index (χ2n) is 8.19. The summed E-state index contributed by atoms with van der Waals surface area (Å²) in [6.07, 6.45) is 1.61. The molecule has 2 N–H and O–H groups in total. The van der Waals surface area contributed by atoms with E-state index in [1.165, 1.54) is 0 Å². The highest BCUT2D eigenvalue weighted by atomic mass is 32.2. The molecule has 2 aromatic heterocycles. The average molecular weight is 411 g/mol. The van der Waals surface area contributed by atoms with Crippen molar-refractivity contribution in [1.82, 2.24) is 14.8 Å². The maximum atomic E-state index is 12.1. The van der Waals surface area contributed by atoms with E-state index >= 15 is 0 Å². The van der Waals surface area contributed by atoms with Crippen LogP contribution in [0.1, 0.15) is 56.5 Å². The highest BCUT2D eigenvalue weighted by Gasteiger charge is 2.30. The van der Waals surface area contributed by atoms with Crippen LogP contribution in [0, 0.1) is 13.8 Å². The predicted octanol–water partition coefficient (Wildman–Crippen LogP) is 4.84. The van der Waals surface area contributed by atoms with Gasteiger partial charge in [-0.3, -0.25) is 5.14 Å². The first kappa shape index (κ1) is 21.4. The van der Waals surface area contributed by atoms with Gasteiger partial charge >= 0.3 is 0 Å². The van der Waals surface area contributed by atoms with Gasteiger partial charge in [0.15, 0.2) is 5.82 Å². The molecule has 29 heavy (non-hydrogen) atoms. The summed E-state index contributed by atoms with van der Waals surface area (Å²) < 4.78 is 13.7. The summed E-state index contributed by atoms with van der Waals surface area (Å²) >= 11 is 0. The van der Waals surface area contributed by atoms with Crippen LogP contribution in [0.2, 0.25) is 0 Å². The molecule has 0 aliphatic heterocycles. The minimum absolute atomic E-state index is 0.165. The van der Waals surface area contributed by atoms with Crippen molar-refractivity contribution in [1.29, 1.82) is 0 Å². The summed E-state index contributed by atoms with van der Waals surface area (Å²) in [5, 5.41) is 15.0. The van der Waals surface area contributed by atoms with Gasteiger partial charge in [0.1, 0.15) is 0 Å². The Hall–Kier alpha value is -2.31. The largest absolute Gasteiger partial charge is 0.302 e. The van der Waals surface area contributed by atoms with E-state index in [4.69, 9.17) is 5.14 Å². The van der Waals surface area contributed by atoms with Crippen molar-refractivity contribution in [2.45, 2.75) is 58.1 Å². The van der Waals surface area contributed by atoms with E-state index in [1.807, 2.05) is 32.0 Å². The van der Waals surface area contributed by atoms with E-state index < -0.39 is 15.7 Å². The highest BCUT2D eigenvalue weighted by molar-refractivity contribution is 7.84. The van der Waals surface area contributed by atoms with Gasteiger partial charge in [0.25, 0.3) is 0 Å². The number of aryl methyl sites for hydroxylation is 2. The normalized spacial score (nSPS) is 14.0. The second kappa shape index (κ2) is 8.59. The number of nitrogens with two attached hydrogens (primary N) is 1. The fourth-order valence-electron chi connectivity index (χ4n) is 3.82. The van der Waals surface area contributed by atoms with Gasteiger partial charge in [-0.15, -0.1) is 10.2 Å². The van der Waals surface area contributed by atoms with Crippen molar-refractivity contribution in [3.8, 4) is 17.1 Å². The van der Waals surface area contributed by atoms with Crippen molar-refractivity contribution < 1.29 is 4.21 Å². The molecular weight excluding hydrogens is 380 g/mol. The number of aromatic nitrogens is 3. The van der Waals surface area contributed by atoms with E-state index in [1.54, 1.807) is 0 Å². The molecule has 0 aliphatic carbocycles. The summed E-state index contributed by atoms with van der Waals surface area (Å²) in [4.78, 5) is 0. The Balaban J connectivity index is 2.17. The lowest BCUT2D eigenvalue weighted by molar-refractivity contribution is 0.506. The van der Waals surface area contributed by atoms with Gasteiger partial charge in [-0.1, -0.05) is 37.3 Å². The Morgan fingerprint density at radius 2 is 1.69 bits per heavy atom. The lowest BCUT2D eigenvalue weighted by Gasteiger charge is -2.28. The van der Waals surface area contributed by atoms with Crippen LogP contribution in [-0.2, 0) is 11.0 Å². The van der Waals surface area contributed by atoms with Crippen molar-refractivity contribution in [2.24, 2.45) is 5.14 Å². The third-order valence-electron chi connectivity index (χ3n) is 5.57. The zero-order chi connectivity index (χ0) is 21.2. The first-order chi connectivity index (χ1) is 13.7. The van der Waals surface area contributed by atoms with Crippen LogP contribution < -0.4 is 5.14 Å². The van der Waals surface area contributed by atoms with Gasteiger partial charge in [0.2, 0.25) is 0 Å². The topological polar surface area (TPSA) is 73.8 Å². The summed E-state index contributed by atoms with van der Waals surface area (Å²) in [7, 11) is -1.41. The number of hydrogen-bond donors (Lipinski definition) is 1. The minimum Gasteiger partial charge on any atom is -0.302 e. The van der Waals surface area contributed by atoms with Gasteiger partial charge in [-0.2, -0.15) is 0 Å². The molecule has 1 unspecified atom stereocenters. The standard InChI is InChI=1S/C23H30N4OS/c1-6-18(15-23(4,5)29(24)28)20-14-21(27-16(2)12-13-17(27)3)25-26-22(20)19-10-8-7-9-11-19/h7-14,18H,6,15,24H2,1-5H3/t18-,29?/m1/s1. The Morgan fingerprint density at radius 1 is 1.07 bits per heavy atom. The van der Waals surface area contributed by atoms with Crippen molar-refractivity contribution in [3.05, 3.63) is 65.5 Å². The Kier molecular flexibility index (Phi) is 6.34. The number of benzene rings is 1. The first-order valence-electron chi connectivity index (χ1n) is 9.99. The smallest absolute Gasteiger partial charge is 0.160 e. The maximum absolute atomic E-state index is 12.1. The molecule has 0 saturated heterocycles. The van der Waals surface area contributed by atoms with E-state index in [-0.39, 0.29) is 5.92 Å². The van der Waals surface area contributed by atoms with Crippen LogP contribution in [-0.4, -0.2) is 23.7 Å². The second-order valence-corrected chi connectivity index (χ2v) is 9.89. The average Bonchev–Trinajstić information content (AvgIpc) is 3.04. The van der Waals surface area contributed by atoms with E-state index in [0.29, 0.717) is 6.42 Å². The molecular formula is C23H30N4OS. The van der Waals surface area contributed by atoms with Crippen LogP contribution in [0.25, 0.3) is 17.1 Å². The van der Waals surface area contributed by atoms with Gasteiger partial charge < -0.3 is 4.57 Å². The van der Waals surface area contributed by atoms with Crippen LogP contribution in [0.4, 0.5) is 0 Å². The van der Waals surface area contributed by atoms with E-state index in [9.17, 15) is 4.21 Å². The molecule has 2 heterocycles.